The second-order valence-electron chi connectivity index (χ2n) is 5.97. The molecule has 0 saturated heterocycles. The van der Waals surface area contributed by atoms with E-state index in [0.717, 1.165) is 6.26 Å². The summed E-state index contributed by atoms with van der Waals surface area (Å²) in [6.07, 6.45) is 1.06. The molecule has 128 valence electrons. The van der Waals surface area contributed by atoms with Crippen LogP contribution in [0.4, 0.5) is 0 Å². The first kappa shape index (κ1) is 21.3. The zero-order valence-corrected chi connectivity index (χ0v) is 15.7. The zero-order valence-electron chi connectivity index (χ0n) is 13.3. The minimum absolute atomic E-state index is 0. The first-order valence-corrected chi connectivity index (χ1v) is 9.71. The van der Waals surface area contributed by atoms with E-state index in [1.165, 1.54) is 19.1 Å². The molecule has 0 unspecified atom stereocenters. The summed E-state index contributed by atoms with van der Waals surface area (Å²) in [5.41, 5.74) is 5.84. The van der Waals surface area contributed by atoms with Gasteiger partial charge in [-0.3, -0.25) is 0 Å². The fraction of sp³-hybridized carbons (Fsp3) is 0.538. The number of hydrogen-bond acceptors (Lipinski definition) is 5. The summed E-state index contributed by atoms with van der Waals surface area (Å²) in [6.45, 7) is 6.58. The first-order valence-electron chi connectivity index (χ1n) is 6.34. The van der Waals surface area contributed by atoms with Gasteiger partial charge in [-0.1, -0.05) is 0 Å². The van der Waals surface area contributed by atoms with E-state index in [1.54, 1.807) is 20.8 Å². The van der Waals surface area contributed by atoms with E-state index in [-0.39, 0.29) is 34.3 Å². The number of nitrogens with two attached hydrogens (primary N) is 1. The normalized spacial score (nSPS) is 12.8. The number of aryl methyl sites for hydroxylation is 1. The van der Waals surface area contributed by atoms with E-state index in [9.17, 15) is 16.8 Å². The number of benzene rings is 1. The van der Waals surface area contributed by atoms with Crippen LogP contribution in [-0.2, 0) is 19.9 Å². The Morgan fingerprint density at radius 2 is 1.55 bits per heavy atom. The van der Waals surface area contributed by atoms with Gasteiger partial charge in [-0.2, -0.15) is 0 Å². The van der Waals surface area contributed by atoms with Crippen LogP contribution in [0.25, 0.3) is 0 Å². The maximum Gasteiger partial charge on any atom is 0.240 e. The van der Waals surface area contributed by atoms with Crippen LogP contribution in [0.2, 0.25) is 0 Å². The van der Waals surface area contributed by atoms with Gasteiger partial charge >= 0.3 is 0 Å². The van der Waals surface area contributed by atoms with E-state index >= 15 is 0 Å². The Morgan fingerprint density at radius 3 is 1.95 bits per heavy atom. The van der Waals surface area contributed by atoms with Crippen molar-refractivity contribution in [2.75, 3.05) is 12.8 Å². The molecule has 0 fully saturated rings. The van der Waals surface area contributed by atoms with Gasteiger partial charge in [0, 0.05) is 18.3 Å². The average Bonchev–Trinajstić information content (AvgIpc) is 2.27. The highest BCUT2D eigenvalue weighted by Gasteiger charge is 2.24. The van der Waals surface area contributed by atoms with E-state index in [4.69, 9.17) is 5.73 Å². The third-order valence-corrected chi connectivity index (χ3v) is 5.61. The number of sulfonamides is 1. The third kappa shape index (κ3) is 5.51. The molecule has 0 amide bonds. The molecular formula is C13H23ClN2O4S2. The van der Waals surface area contributed by atoms with Gasteiger partial charge in [0.25, 0.3) is 0 Å². The smallest absolute Gasteiger partial charge is 0.240 e. The van der Waals surface area contributed by atoms with Gasteiger partial charge in [-0.05, 0) is 51.0 Å². The van der Waals surface area contributed by atoms with Crippen molar-refractivity contribution in [3.63, 3.8) is 0 Å². The molecule has 1 rings (SSSR count). The third-order valence-electron chi connectivity index (χ3n) is 2.86. The summed E-state index contributed by atoms with van der Waals surface area (Å²) in [4.78, 5) is -0.0120. The molecular weight excluding hydrogens is 348 g/mol. The maximum atomic E-state index is 12.4. The van der Waals surface area contributed by atoms with Gasteiger partial charge in [0.15, 0.2) is 9.84 Å². The number of rotatable bonds is 5. The van der Waals surface area contributed by atoms with Crippen molar-refractivity contribution in [3.05, 3.63) is 23.3 Å². The second kappa shape index (κ2) is 6.84. The number of nitrogens with one attached hydrogen (secondary N) is 1. The molecule has 0 aliphatic carbocycles. The van der Waals surface area contributed by atoms with E-state index in [2.05, 4.69) is 4.72 Å². The van der Waals surface area contributed by atoms with Crippen molar-refractivity contribution >= 4 is 32.3 Å². The van der Waals surface area contributed by atoms with Crippen molar-refractivity contribution in [2.45, 2.75) is 43.0 Å². The second-order valence-corrected chi connectivity index (χ2v) is 9.69. The van der Waals surface area contributed by atoms with Crippen molar-refractivity contribution in [2.24, 2.45) is 5.73 Å². The summed E-state index contributed by atoms with van der Waals surface area (Å²) >= 11 is 0. The molecule has 1 aromatic carbocycles. The van der Waals surface area contributed by atoms with Crippen molar-refractivity contribution < 1.29 is 16.8 Å². The highest BCUT2D eigenvalue weighted by atomic mass is 35.5. The molecule has 0 saturated carbocycles. The molecule has 0 radical (unpaired) electrons. The Balaban J connectivity index is 0.00000441. The van der Waals surface area contributed by atoms with E-state index in [0.29, 0.717) is 5.56 Å². The molecule has 0 aliphatic heterocycles. The topological polar surface area (TPSA) is 106 Å². The minimum Gasteiger partial charge on any atom is -0.324 e. The van der Waals surface area contributed by atoms with Gasteiger partial charge in [-0.25, -0.2) is 21.6 Å². The van der Waals surface area contributed by atoms with Gasteiger partial charge < -0.3 is 5.73 Å². The molecule has 9 heteroatoms. The molecule has 0 aromatic heterocycles. The van der Waals surface area contributed by atoms with E-state index in [1.807, 2.05) is 0 Å². The zero-order chi connectivity index (χ0) is 16.6. The van der Waals surface area contributed by atoms with Gasteiger partial charge in [-0.15, -0.1) is 12.4 Å². The van der Waals surface area contributed by atoms with Gasteiger partial charge in [0.05, 0.1) is 9.79 Å². The lowest BCUT2D eigenvalue weighted by Crippen LogP contribution is -2.45. The Bertz CT molecular complexity index is 751. The van der Waals surface area contributed by atoms with Crippen molar-refractivity contribution in [1.82, 2.24) is 4.72 Å². The number of hydrogen-bond donors (Lipinski definition) is 2. The summed E-state index contributed by atoms with van der Waals surface area (Å²) in [5, 5.41) is 0. The van der Waals surface area contributed by atoms with Crippen LogP contribution in [0.15, 0.2) is 21.9 Å². The quantitative estimate of drug-likeness (QED) is 0.808. The lowest BCUT2D eigenvalue weighted by atomic mass is 10.1. The van der Waals surface area contributed by atoms with Gasteiger partial charge in [0.2, 0.25) is 10.0 Å². The Labute approximate surface area is 138 Å². The Morgan fingerprint density at radius 1 is 1.09 bits per heavy atom. The predicted molar refractivity (Wildman–Crippen MR) is 89.7 cm³/mol. The van der Waals surface area contributed by atoms with Crippen molar-refractivity contribution in [3.8, 4) is 0 Å². The summed E-state index contributed by atoms with van der Waals surface area (Å²) in [7, 11) is -7.32. The summed E-state index contributed by atoms with van der Waals surface area (Å²) in [5.74, 6) is 0. The fourth-order valence-electron chi connectivity index (χ4n) is 1.82. The summed E-state index contributed by atoms with van der Waals surface area (Å²) < 4.78 is 50.7. The largest absolute Gasteiger partial charge is 0.324 e. The fourth-order valence-corrected chi connectivity index (χ4v) is 4.52. The van der Waals surface area contributed by atoms with Crippen LogP contribution in [0.1, 0.15) is 25.0 Å². The number of halogens is 1. The first-order chi connectivity index (χ1) is 9.24. The molecule has 0 atom stereocenters. The standard InChI is InChI=1S/C13H22N2O4S2.ClH/c1-9-6-11(20(5,16)17)10(2)12(7-9)21(18,19)15-8-13(3,4)14;/h6-7,15H,8,14H2,1-5H3;1H. The van der Waals surface area contributed by atoms with Crippen molar-refractivity contribution in [1.29, 1.82) is 0 Å². The molecule has 22 heavy (non-hydrogen) atoms. The maximum absolute atomic E-state index is 12.4. The molecule has 3 N–H and O–H groups in total. The van der Waals surface area contributed by atoms with Crippen LogP contribution in [0.3, 0.4) is 0 Å². The lowest BCUT2D eigenvalue weighted by molar-refractivity contribution is 0.497. The van der Waals surface area contributed by atoms with Crippen LogP contribution in [-0.4, -0.2) is 35.2 Å². The van der Waals surface area contributed by atoms with Crippen LogP contribution >= 0.6 is 12.4 Å². The monoisotopic (exact) mass is 370 g/mol. The van der Waals surface area contributed by atoms with E-state index < -0.39 is 25.4 Å². The molecule has 0 spiro atoms. The molecule has 0 aliphatic rings. The molecule has 1 aromatic rings. The van der Waals surface area contributed by atoms with Crippen LogP contribution in [0, 0.1) is 13.8 Å². The van der Waals surface area contributed by atoms with Gasteiger partial charge in [0.1, 0.15) is 0 Å². The molecule has 0 heterocycles. The highest BCUT2D eigenvalue weighted by molar-refractivity contribution is 7.91. The minimum atomic E-state index is -3.82. The lowest BCUT2D eigenvalue weighted by Gasteiger charge is -2.20. The Hall–Kier alpha value is -0.670. The van der Waals surface area contributed by atoms with Crippen LogP contribution in [0.5, 0.6) is 0 Å². The molecule has 6 nitrogen and oxygen atoms in total. The predicted octanol–water partition coefficient (Wildman–Crippen LogP) is 1.14. The highest BCUT2D eigenvalue weighted by Crippen LogP contribution is 2.25. The summed E-state index contributed by atoms with van der Waals surface area (Å²) in [6, 6.07) is 2.92. The molecule has 0 bridgehead atoms. The Kier molecular flexibility index (Phi) is 6.63. The average molecular weight is 371 g/mol. The number of sulfone groups is 1. The van der Waals surface area contributed by atoms with Crippen LogP contribution < -0.4 is 10.5 Å². The SMILES string of the molecule is Cc1cc(S(C)(=O)=O)c(C)c(S(=O)(=O)NCC(C)(C)N)c1.Cl.